The van der Waals surface area contributed by atoms with Crippen LogP contribution in [0.25, 0.3) is 0 Å². The summed E-state index contributed by atoms with van der Waals surface area (Å²) in [4.78, 5) is 2.53. The van der Waals surface area contributed by atoms with Crippen molar-refractivity contribution in [1.82, 2.24) is 5.32 Å². The number of hydrogen-bond acceptors (Lipinski definition) is 2. The van der Waals surface area contributed by atoms with Gasteiger partial charge in [-0.05, 0) is 55.7 Å². The van der Waals surface area contributed by atoms with E-state index < -0.39 is 0 Å². The maximum Gasteiger partial charge on any atom is 0.0366 e. The van der Waals surface area contributed by atoms with Gasteiger partial charge in [-0.15, -0.1) is 0 Å². The summed E-state index contributed by atoms with van der Waals surface area (Å²) in [6.07, 6.45) is 8.21. The molecule has 2 nitrogen and oxygen atoms in total. The van der Waals surface area contributed by atoms with Crippen molar-refractivity contribution in [3.05, 3.63) is 29.8 Å². The Kier molecular flexibility index (Phi) is 4.62. The lowest BCUT2D eigenvalue weighted by molar-refractivity contribution is 0.577. The summed E-state index contributed by atoms with van der Waals surface area (Å²) in [7, 11) is 0. The monoisotopic (exact) mass is 272 g/mol. The van der Waals surface area contributed by atoms with Crippen LogP contribution in [-0.4, -0.2) is 19.1 Å². The summed E-state index contributed by atoms with van der Waals surface area (Å²) in [5.41, 5.74) is 2.83. The van der Waals surface area contributed by atoms with Gasteiger partial charge in [0.1, 0.15) is 0 Å². The molecule has 1 saturated carbocycles. The number of hydrogen-bond donors (Lipinski definition) is 1. The minimum absolute atomic E-state index is 0.789. The van der Waals surface area contributed by atoms with Crippen molar-refractivity contribution < 1.29 is 0 Å². The molecule has 0 bridgehead atoms. The first-order chi connectivity index (χ1) is 9.86. The summed E-state index contributed by atoms with van der Waals surface area (Å²) in [5, 5.41) is 3.69. The molecule has 0 aromatic heterocycles. The van der Waals surface area contributed by atoms with Crippen LogP contribution < -0.4 is 10.2 Å². The van der Waals surface area contributed by atoms with E-state index >= 15 is 0 Å². The Morgan fingerprint density at radius 2 is 1.85 bits per heavy atom. The third-order valence-electron chi connectivity index (χ3n) is 4.81. The molecule has 1 aliphatic carbocycles. The summed E-state index contributed by atoms with van der Waals surface area (Å²) < 4.78 is 0. The molecule has 1 saturated heterocycles. The number of benzene rings is 1. The Hall–Kier alpha value is -1.02. The highest BCUT2D eigenvalue weighted by Gasteiger charge is 2.35. The predicted molar refractivity (Wildman–Crippen MR) is 86.1 cm³/mol. The Bertz CT molecular complexity index is 406. The van der Waals surface area contributed by atoms with Crippen LogP contribution in [0, 0.1) is 5.92 Å². The van der Waals surface area contributed by atoms with E-state index in [2.05, 4.69) is 41.4 Å². The van der Waals surface area contributed by atoms with Crippen LogP contribution >= 0.6 is 0 Å². The average Bonchev–Trinajstić information content (AvgIpc) is 3.25. The van der Waals surface area contributed by atoms with Gasteiger partial charge in [0.15, 0.2) is 0 Å². The second kappa shape index (κ2) is 6.62. The van der Waals surface area contributed by atoms with Crippen molar-refractivity contribution in [2.45, 2.75) is 58.0 Å². The Balaban J connectivity index is 1.46. The molecule has 2 heteroatoms. The third kappa shape index (κ3) is 3.54. The van der Waals surface area contributed by atoms with Gasteiger partial charge < -0.3 is 10.2 Å². The lowest BCUT2D eigenvalue weighted by Gasteiger charge is -2.28. The quantitative estimate of drug-likeness (QED) is 0.843. The molecular formula is C18H28N2. The molecule has 0 radical (unpaired) electrons. The summed E-state index contributed by atoms with van der Waals surface area (Å²) in [6, 6.07) is 10.00. The molecule has 2 atom stereocenters. The van der Waals surface area contributed by atoms with Crippen molar-refractivity contribution in [1.29, 1.82) is 0 Å². The van der Waals surface area contributed by atoms with Gasteiger partial charge in [-0.3, -0.25) is 0 Å². The topological polar surface area (TPSA) is 15.3 Å². The summed E-state index contributed by atoms with van der Waals surface area (Å²) in [6.45, 7) is 5.79. The maximum atomic E-state index is 3.69. The molecular weight excluding hydrogens is 244 g/mol. The van der Waals surface area contributed by atoms with Gasteiger partial charge in [0, 0.05) is 31.4 Å². The lowest BCUT2D eigenvalue weighted by atomic mass is 10.1. The second-order valence-corrected chi connectivity index (χ2v) is 6.49. The van der Waals surface area contributed by atoms with Crippen LogP contribution in [0.3, 0.4) is 0 Å². The molecule has 1 N–H and O–H groups in total. The van der Waals surface area contributed by atoms with E-state index in [-0.39, 0.29) is 0 Å². The zero-order chi connectivity index (χ0) is 13.8. The lowest BCUT2D eigenvalue weighted by Crippen LogP contribution is -2.29. The van der Waals surface area contributed by atoms with Crippen LogP contribution in [0.2, 0.25) is 0 Å². The van der Waals surface area contributed by atoms with Gasteiger partial charge in [0.25, 0.3) is 0 Å². The zero-order valence-electron chi connectivity index (χ0n) is 12.8. The Morgan fingerprint density at radius 1 is 1.10 bits per heavy atom. The number of rotatable bonds is 6. The van der Waals surface area contributed by atoms with Gasteiger partial charge >= 0.3 is 0 Å². The molecule has 1 aromatic carbocycles. The minimum atomic E-state index is 0.789. The molecule has 2 unspecified atom stereocenters. The SMILES string of the molecule is CCCC1CC1NCc1ccc(N2CCCCC2)cc1. The highest BCUT2D eigenvalue weighted by atomic mass is 15.1. The fourth-order valence-electron chi connectivity index (χ4n) is 3.41. The van der Waals surface area contributed by atoms with Crippen molar-refractivity contribution in [2.24, 2.45) is 5.92 Å². The van der Waals surface area contributed by atoms with Gasteiger partial charge in [0.05, 0.1) is 0 Å². The van der Waals surface area contributed by atoms with Crippen LogP contribution in [0.15, 0.2) is 24.3 Å². The highest BCUT2D eigenvalue weighted by Crippen LogP contribution is 2.34. The molecule has 0 spiro atoms. The van der Waals surface area contributed by atoms with Gasteiger partial charge in [0.2, 0.25) is 0 Å². The molecule has 3 rings (SSSR count). The second-order valence-electron chi connectivity index (χ2n) is 6.49. The number of nitrogens with zero attached hydrogens (tertiary/aromatic N) is 1. The summed E-state index contributed by atoms with van der Waals surface area (Å²) in [5.74, 6) is 0.952. The molecule has 0 amide bonds. The first kappa shape index (κ1) is 13.9. The Morgan fingerprint density at radius 3 is 2.55 bits per heavy atom. The molecule has 1 aromatic rings. The van der Waals surface area contributed by atoms with Gasteiger partial charge in [-0.1, -0.05) is 25.5 Å². The number of piperidine rings is 1. The first-order valence-electron chi connectivity index (χ1n) is 8.44. The summed E-state index contributed by atoms with van der Waals surface area (Å²) >= 11 is 0. The highest BCUT2D eigenvalue weighted by molar-refractivity contribution is 5.47. The van der Waals surface area contributed by atoms with E-state index in [1.807, 2.05) is 0 Å². The molecule has 2 fully saturated rings. The number of anilines is 1. The van der Waals surface area contributed by atoms with Crippen LogP contribution in [-0.2, 0) is 6.54 Å². The predicted octanol–water partition coefficient (Wildman–Crippen LogP) is 3.96. The van der Waals surface area contributed by atoms with E-state index in [9.17, 15) is 0 Å². The minimum Gasteiger partial charge on any atom is -0.372 e. The standard InChI is InChI=1S/C18H28N2/c1-2-6-16-13-18(16)19-14-15-7-9-17(10-8-15)20-11-4-3-5-12-20/h7-10,16,18-19H,2-6,11-14H2,1H3. The van der Waals surface area contributed by atoms with E-state index in [1.165, 1.54) is 62.9 Å². The van der Waals surface area contributed by atoms with E-state index in [4.69, 9.17) is 0 Å². The van der Waals surface area contributed by atoms with Crippen molar-refractivity contribution in [3.63, 3.8) is 0 Å². The largest absolute Gasteiger partial charge is 0.372 e. The molecule has 1 aliphatic heterocycles. The van der Waals surface area contributed by atoms with Gasteiger partial charge in [-0.2, -0.15) is 0 Å². The van der Waals surface area contributed by atoms with E-state index in [1.54, 1.807) is 0 Å². The number of nitrogens with one attached hydrogen (secondary N) is 1. The normalized spacial score (nSPS) is 25.8. The first-order valence-corrected chi connectivity index (χ1v) is 8.44. The fraction of sp³-hybridized carbons (Fsp3) is 0.667. The third-order valence-corrected chi connectivity index (χ3v) is 4.81. The van der Waals surface area contributed by atoms with Crippen LogP contribution in [0.5, 0.6) is 0 Å². The fourth-order valence-corrected chi connectivity index (χ4v) is 3.41. The average molecular weight is 272 g/mol. The van der Waals surface area contributed by atoms with E-state index in [0.717, 1.165) is 18.5 Å². The van der Waals surface area contributed by atoms with Crippen molar-refractivity contribution in [3.8, 4) is 0 Å². The van der Waals surface area contributed by atoms with Gasteiger partial charge in [-0.25, -0.2) is 0 Å². The van der Waals surface area contributed by atoms with Crippen molar-refractivity contribution >= 4 is 5.69 Å². The smallest absolute Gasteiger partial charge is 0.0366 e. The molecule has 110 valence electrons. The molecule has 20 heavy (non-hydrogen) atoms. The zero-order valence-corrected chi connectivity index (χ0v) is 12.8. The van der Waals surface area contributed by atoms with E-state index in [0.29, 0.717) is 0 Å². The Labute approximate surface area is 123 Å². The van der Waals surface area contributed by atoms with Crippen LogP contribution in [0.4, 0.5) is 5.69 Å². The molecule has 2 aliphatic rings. The van der Waals surface area contributed by atoms with Crippen molar-refractivity contribution in [2.75, 3.05) is 18.0 Å². The maximum absolute atomic E-state index is 3.69. The van der Waals surface area contributed by atoms with Crippen LogP contribution in [0.1, 0.15) is 51.0 Å². The molecule has 1 heterocycles.